The molecule has 1 aromatic heterocycles. The molecule has 0 spiro atoms. The second-order valence-electron chi connectivity index (χ2n) is 4.55. The maximum atomic E-state index is 12.1. The van der Waals surface area contributed by atoms with Crippen LogP contribution in [0.15, 0.2) is 18.2 Å². The van der Waals surface area contributed by atoms with Gasteiger partial charge in [-0.2, -0.15) is 0 Å². The maximum Gasteiger partial charge on any atom is 0.269 e. The van der Waals surface area contributed by atoms with E-state index in [0.29, 0.717) is 10.6 Å². The number of amides is 1. The van der Waals surface area contributed by atoms with Crippen molar-refractivity contribution in [2.24, 2.45) is 0 Å². The Labute approximate surface area is 115 Å². The van der Waals surface area contributed by atoms with Crippen LogP contribution in [0.4, 0.5) is 5.69 Å². The summed E-state index contributed by atoms with van der Waals surface area (Å²) in [6.45, 7) is 3.67. The van der Waals surface area contributed by atoms with E-state index in [1.54, 1.807) is 6.92 Å². The quantitative estimate of drug-likeness (QED) is 0.875. The average molecular weight is 274 g/mol. The molecule has 2 heterocycles. The highest BCUT2D eigenvalue weighted by Crippen LogP contribution is 2.20. The van der Waals surface area contributed by atoms with Gasteiger partial charge in [-0.25, -0.2) is 0 Å². The van der Waals surface area contributed by atoms with Crippen LogP contribution in [-0.2, 0) is 13.0 Å². The SMILES string of the molecule is Cc1nnsc1C(=O)Nc1ccc2c(c1)CNCC2. The molecule has 1 aromatic carbocycles. The molecule has 1 aliphatic heterocycles. The summed E-state index contributed by atoms with van der Waals surface area (Å²) in [5.41, 5.74) is 4.10. The topological polar surface area (TPSA) is 66.9 Å². The number of carbonyl (C=O) groups excluding carboxylic acids is 1. The molecule has 6 heteroatoms. The van der Waals surface area contributed by atoms with Crippen LogP contribution in [0.5, 0.6) is 0 Å². The van der Waals surface area contributed by atoms with Crippen LogP contribution in [0.2, 0.25) is 0 Å². The molecule has 0 atom stereocenters. The van der Waals surface area contributed by atoms with Crippen molar-refractivity contribution >= 4 is 23.1 Å². The summed E-state index contributed by atoms with van der Waals surface area (Å²) < 4.78 is 3.78. The van der Waals surface area contributed by atoms with Crippen molar-refractivity contribution in [3.8, 4) is 0 Å². The van der Waals surface area contributed by atoms with Crippen molar-refractivity contribution in [2.45, 2.75) is 19.9 Å². The standard InChI is InChI=1S/C13H14N4OS/c1-8-12(19-17-16-8)13(18)15-11-3-2-9-4-5-14-7-10(9)6-11/h2-3,6,14H,4-5,7H2,1H3,(H,15,18). The second-order valence-corrected chi connectivity index (χ2v) is 5.31. The predicted molar refractivity (Wildman–Crippen MR) is 74.5 cm³/mol. The Kier molecular flexibility index (Phi) is 3.27. The minimum absolute atomic E-state index is 0.142. The molecule has 2 N–H and O–H groups in total. The van der Waals surface area contributed by atoms with Gasteiger partial charge in [0.1, 0.15) is 4.88 Å². The van der Waals surface area contributed by atoms with Crippen LogP contribution in [0, 0.1) is 6.92 Å². The number of hydrogen-bond donors (Lipinski definition) is 2. The molecule has 0 unspecified atom stereocenters. The zero-order chi connectivity index (χ0) is 13.2. The van der Waals surface area contributed by atoms with Gasteiger partial charge in [0.15, 0.2) is 0 Å². The average Bonchev–Trinajstić information content (AvgIpc) is 2.85. The Morgan fingerprint density at radius 1 is 1.42 bits per heavy atom. The molecular weight excluding hydrogens is 260 g/mol. The van der Waals surface area contributed by atoms with Gasteiger partial charge in [-0.1, -0.05) is 10.6 Å². The van der Waals surface area contributed by atoms with E-state index in [0.717, 1.165) is 36.7 Å². The van der Waals surface area contributed by atoms with Gasteiger partial charge in [-0.05, 0) is 54.7 Å². The van der Waals surface area contributed by atoms with Gasteiger partial charge in [-0.3, -0.25) is 4.79 Å². The third-order valence-corrected chi connectivity index (χ3v) is 4.04. The number of aryl methyl sites for hydroxylation is 1. The number of carbonyl (C=O) groups is 1. The summed E-state index contributed by atoms with van der Waals surface area (Å²) in [7, 11) is 0. The Morgan fingerprint density at radius 2 is 2.32 bits per heavy atom. The van der Waals surface area contributed by atoms with Gasteiger partial charge >= 0.3 is 0 Å². The zero-order valence-electron chi connectivity index (χ0n) is 10.6. The summed E-state index contributed by atoms with van der Waals surface area (Å²) in [4.78, 5) is 12.6. The van der Waals surface area contributed by atoms with Crippen molar-refractivity contribution in [2.75, 3.05) is 11.9 Å². The van der Waals surface area contributed by atoms with Crippen LogP contribution in [0.25, 0.3) is 0 Å². The first-order valence-electron chi connectivity index (χ1n) is 6.17. The largest absolute Gasteiger partial charge is 0.321 e. The van der Waals surface area contributed by atoms with Gasteiger partial charge in [0, 0.05) is 12.2 Å². The van der Waals surface area contributed by atoms with Crippen molar-refractivity contribution in [1.29, 1.82) is 0 Å². The van der Waals surface area contributed by atoms with E-state index in [2.05, 4.69) is 26.3 Å². The summed E-state index contributed by atoms with van der Waals surface area (Å²) in [5.74, 6) is -0.142. The number of anilines is 1. The fraction of sp³-hybridized carbons (Fsp3) is 0.308. The van der Waals surface area contributed by atoms with E-state index in [1.165, 1.54) is 11.1 Å². The van der Waals surface area contributed by atoms with Crippen LogP contribution >= 0.6 is 11.5 Å². The first-order chi connectivity index (χ1) is 9.24. The van der Waals surface area contributed by atoms with E-state index >= 15 is 0 Å². The minimum atomic E-state index is -0.142. The van der Waals surface area contributed by atoms with Gasteiger partial charge in [0.05, 0.1) is 5.69 Å². The Balaban J connectivity index is 1.80. The third kappa shape index (κ3) is 2.50. The normalized spacial score (nSPS) is 13.9. The lowest BCUT2D eigenvalue weighted by Crippen LogP contribution is -2.23. The van der Waals surface area contributed by atoms with Crippen LogP contribution < -0.4 is 10.6 Å². The summed E-state index contributed by atoms with van der Waals surface area (Å²) >= 11 is 1.12. The van der Waals surface area contributed by atoms with Crippen LogP contribution in [0.3, 0.4) is 0 Å². The molecular formula is C13H14N4OS. The summed E-state index contributed by atoms with van der Waals surface area (Å²) in [6, 6.07) is 6.07. The van der Waals surface area contributed by atoms with Crippen molar-refractivity contribution in [3.63, 3.8) is 0 Å². The van der Waals surface area contributed by atoms with E-state index < -0.39 is 0 Å². The summed E-state index contributed by atoms with van der Waals surface area (Å²) in [6.07, 6.45) is 1.04. The molecule has 0 saturated carbocycles. The van der Waals surface area contributed by atoms with Gasteiger partial charge in [0.2, 0.25) is 0 Å². The van der Waals surface area contributed by atoms with Gasteiger partial charge < -0.3 is 10.6 Å². The molecule has 19 heavy (non-hydrogen) atoms. The summed E-state index contributed by atoms with van der Waals surface area (Å²) in [5, 5.41) is 10.1. The molecule has 1 aliphatic rings. The van der Waals surface area contributed by atoms with Gasteiger partial charge in [-0.15, -0.1) is 5.10 Å². The van der Waals surface area contributed by atoms with Crippen LogP contribution in [-0.4, -0.2) is 22.0 Å². The number of aromatic nitrogens is 2. The number of rotatable bonds is 2. The number of nitrogens with one attached hydrogen (secondary N) is 2. The number of nitrogens with zero attached hydrogens (tertiary/aromatic N) is 2. The molecule has 98 valence electrons. The Bertz CT molecular complexity index is 623. The molecule has 2 aromatic rings. The fourth-order valence-electron chi connectivity index (χ4n) is 2.19. The molecule has 1 amide bonds. The lowest BCUT2D eigenvalue weighted by molar-refractivity contribution is 0.103. The predicted octanol–water partition coefficient (Wildman–Crippen LogP) is 1.74. The highest BCUT2D eigenvalue weighted by Gasteiger charge is 2.14. The minimum Gasteiger partial charge on any atom is -0.321 e. The first kappa shape index (κ1) is 12.3. The number of benzene rings is 1. The van der Waals surface area contributed by atoms with Crippen LogP contribution in [0.1, 0.15) is 26.5 Å². The first-order valence-corrected chi connectivity index (χ1v) is 6.94. The Hall–Kier alpha value is -1.79. The third-order valence-electron chi connectivity index (χ3n) is 3.21. The van der Waals surface area contributed by atoms with Crippen molar-refractivity contribution in [3.05, 3.63) is 39.9 Å². The fourth-order valence-corrected chi connectivity index (χ4v) is 2.74. The second kappa shape index (κ2) is 5.07. The zero-order valence-corrected chi connectivity index (χ0v) is 11.4. The molecule has 3 rings (SSSR count). The van der Waals surface area contributed by atoms with E-state index in [-0.39, 0.29) is 5.91 Å². The van der Waals surface area contributed by atoms with E-state index in [1.807, 2.05) is 12.1 Å². The maximum absolute atomic E-state index is 12.1. The Morgan fingerprint density at radius 3 is 3.11 bits per heavy atom. The molecule has 0 fully saturated rings. The van der Waals surface area contributed by atoms with Crippen molar-refractivity contribution < 1.29 is 4.79 Å². The molecule has 0 saturated heterocycles. The highest BCUT2D eigenvalue weighted by molar-refractivity contribution is 7.08. The van der Waals surface area contributed by atoms with Crippen molar-refractivity contribution in [1.82, 2.24) is 14.9 Å². The molecule has 0 radical (unpaired) electrons. The number of hydrogen-bond acceptors (Lipinski definition) is 5. The molecule has 0 aliphatic carbocycles. The highest BCUT2D eigenvalue weighted by atomic mass is 32.1. The number of fused-ring (bicyclic) bond motifs is 1. The smallest absolute Gasteiger partial charge is 0.269 e. The van der Waals surface area contributed by atoms with Gasteiger partial charge in [0.25, 0.3) is 5.91 Å². The van der Waals surface area contributed by atoms with E-state index in [9.17, 15) is 4.79 Å². The molecule has 5 nitrogen and oxygen atoms in total. The lowest BCUT2D eigenvalue weighted by atomic mass is 10.0. The van der Waals surface area contributed by atoms with E-state index in [4.69, 9.17) is 0 Å². The molecule has 0 bridgehead atoms. The lowest BCUT2D eigenvalue weighted by Gasteiger charge is -2.18. The monoisotopic (exact) mass is 274 g/mol.